The zero-order valence-corrected chi connectivity index (χ0v) is 13.8. The zero-order valence-electron chi connectivity index (χ0n) is 12.2. The van der Waals surface area contributed by atoms with Crippen LogP contribution in [0.5, 0.6) is 0 Å². The molecule has 2 heterocycles. The second-order valence-electron chi connectivity index (χ2n) is 5.29. The van der Waals surface area contributed by atoms with Gasteiger partial charge in [-0.3, -0.25) is 0 Å². The van der Waals surface area contributed by atoms with Gasteiger partial charge in [0, 0.05) is 18.7 Å². The molecule has 3 rings (SSSR count). The molecule has 1 saturated carbocycles. The van der Waals surface area contributed by atoms with E-state index in [9.17, 15) is 0 Å². The summed E-state index contributed by atoms with van der Waals surface area (Å²) in [6.07, 6.45) is 5.20. The number of rotatable bonds is 5. The lowest BCUT2D eigenvalue weighted by atomic mass is 10.2. The first-order valence-corrected chi connectivity index (χ1v) is 8.09. The van der Waals surface area contributed by atoms with E-state index < -0.39 is 0 Å². The molecule has 0 saturated heterocycles. The quantitative estimate of drug-likeness (QED) is 0.893. The Bertz CT molecular complexity index is 655. The van der Waals surface area contributed by atoms with Crippen molar-refractivity contribution in [3.8, 4) is 11.5 Å². The molecule has 6 heteroatoms. The minimum absolute atomic E-state index is 0.547. The molecule has 0 amide bonds. The zero-order chi connectivity index (χ0) is 14.8. The van der Waals surface area contributed by atoms with E-state index in [1.54, 1.807) is 6.20 Å². The molecule has 0 spiro atoms. The summed E-state index contributed by atoms with van der Waals surface area (Å²) in [5, 5.41) is 3.37. The maximum absolute atomic E-state index is 4.73. The van der Waals surface area contributed by atoms with Crippen molar-refractivity contribution in [1.29, 1.82) is 0 Å². The summed E-state index contributed by atoms with van der Waals surface area (Å²) in [6.45, 7) is 4.90. The fraction of sp³-hybridized carbons (Fsp3) is 0.467. The molecule has 5 nitrogen and oxygen atoms in total. The van der Waals surface area contributed by atoms with Crippen LogP contribution in [-0.2, 0) is 0 Å². The van der Waals surface area contributed by atoms with E-state index in [-0.39, 0.29) is 0 Å². The average Bonchev–Trinajstić information content (AvgIpc) is 3.31. The maximum Gasteiger partial charge on any atom is 0.180 e. The third-order valence-electron chi connectivity index (χ3n) is 3.39. The summed E-state index contributed by atoms with van der Waals surface area (Å²) in [5.41, 5.74) is 1.87. The van der Waals surface area contributed by atoms with Crippen LogP contribution in [0, 0.1) is 6.92 Å². The first-order chi connectivity index (χ1) is 10.2. The molecule has 1 fully saturated rings. The highest BCUT2D eigenvalue weighted by Gasteiger charge is 2.29. The number of aryl methyl sites for hydroxylation is 1. The third kappa shape index (κ3) is 3.20. The van der Waals surface area contributed by atoms with Crippen LogP contribution in [0.4, 0.5) is 5.82 Å². The molecule has 1 aliphatic carbocycles. The highest BCUT2D eigenvalue weighted by Crippen LogP contribution is 2.44. The summed E-state index contributed by atoms with van der Waals surface area (Å²) in [7, 11) is 0. The molecular formula is C15H18BrN5. The minimum atomic E-state index is 0.547. The van der Waals surface area contributed by atoms with Crippen molar-refractivity contribution in [2.24, 2.45) is 0 Å². The van der Waals surface area contributed by atoms with Crippen molar-refractivity contribution < 1.29 is 0 Å². The number of nitrogens with one attached hydrogen (secondary N) is 1. The number of hydrogen-bond acceptors (Lipinski definition) is 5. The summed E-state index contributed by atoms with van der Waals surface area (Å²) >= 11 is 3.65. The highest BCUT2D eigenvalue weighted by atomic mass is 79.9. The van der Waals surface area contributed by atoms with Gasteiger partial charge in [-0.1, -0.05) is 6.92 Å². The van der Waals surface area contributed by atoms with E-state index in [1.165, 1.54) is 12.8 Å². The second kappa shape index (κ2) is 6.05. The Labute approximate surface area is 132 Å². The minimum Gasteiger partial charge on any atom is -0.369 e. The fourth-order valence-electron chi connectivity index (χ4n) is 2.15. The normalized spacial score (nSPS) is 14.2. The van der Waals surface area contributed by atoms with Crippen molar-refractivity contribution in [2.75, 3.05) is 11.9 Å². The topological polar surface area (TPSA) is 63.6 Å². The van der Waals surface area contributed by atoms with Gasteiger partial charge in [0.15, 0.2) is 5.82 Å². The third-order valence-corrected chi connectivity index (χ3v) is 4.17. The number of halogens is 1. The Kier molecular flexibility index (Phi) is 4.14. The van der Waals surface area contributed by atoms with Gasteiger partial charge in [0.2, 0.25) is 0 Å². The molecule has 2 aromatic rings. The van der Waals surface area contributed by atoms with Crippen LogP contribution in [0.3, 0.4) is 0 Å². The molecule has 110 valence electrons. The average molecular weight is 348 g/mol. The number of nitrogens with zero attached hydrogens (tertiary/aromatic N) is 4. The fourth-order valence-corrected chi connectivity index (χ4v) is 2.79. The van der Waals surface area contributed by atoms with Crippen LogP contribution in [0.25, 0.3) is 11.5 Å². The lowest BCUT2D eigenvalue weighted by Gasteiger charge is -2.12. The monoisotopic (exact) mass is 347 g/mol. The van der Waals surface area contributed by atoms with E-state index in [1.807, 2.05) is 13.0 Å². The van der Waals surface area contributed by atoms with Crippen molar-refractivity contribution in [3.05, 3.63) is 28.3 Å². The van der Waals surface area contributed by atoms with E-state index in [0.29, 0.717) is 11.7 Å². The van der Waals surface area contributed by atoms with Gasteiger partial charge in [0.05, 0.1) is 10.2 Å². The van der Waals surface area contributed by atoms with Gasteiger partial charge < -0.3 is 5.32 Å². The van der Waals surface area contributed by atoms with Gasteiger partial charge in [-0.25, -0.2) is 19.9 Å². The highest BCUT2D eigenvalue weighted by molar-refractivity contribution is 9.10. The lowest BCUT2D eigenvalue weighted by molar-refractivity contribution is 0.933. The lowest BCUT2D eigenvalue weighted by Crippen LogP contribution is -2.08. The molecule has 0 bridgehead atoms. The SMILES string of the molecule is CCCNc1nc(-c2ccnc(C)n2)nc(C2CC2)c1Br. The van der Waals surface area contributed by atoms with Gasteiger partial charge in [0.25, 0.3) is 0 Å². The molecule has 21 heavy (non-hydrogen) atoms. The van der Waals surface area contributed by atoms with Crippen LogP contribution in [0.15, 0.2) is 16.7 Å². The Morgan fingerprint density at radius 3 is 2.76 bits per heavy atom. The largest absolute Gasteiger partial charge is 0.369 e. The van der Waals surface area contributed by atoms with E-state index >= 15 is 0 Å². The summed E-state index contributed by atoms with van der Waals surface area (Å²) in [5.74, 6) is 2.81. The number of anilines is 1. The van der Waals surface area contributed by atoms with Crippen LogP contribution in [0.1, 0.15) is 43.6 Å². The molecule has 0 radical (unpaired) electrons. The predicted octanol–water partition coefficient (Wildman–Crippen LogP) is 3.70. The van der Waals surface area contributed by atoms with Crippen molar-refractivity contribution in [2.45, 2.75) is 39.0 Å². The van der Waals surface area contributed by atoms with Crippen LogP contribution >= 0.6 is 15.9 Å². The van der Waals surface area contributed by atoms with Crippen LogP contribution in [-0.4, -0.2) is 26.5 Å². The van der Waals surface area contributed by atoms with Crippen molar-refractivity contribution in [3.63, 3.8) is 0 Å². The molecular weight excluding hydrogens is 330 g/mol. The summed E-state index contributed by atoms with van der Waals surface area (Å²) in [4.78, 5) is 17.9. The smallest absolute Gasteiger partial charge is 0.180 e. The standard InChI is InChI=1S/C15H18BrN5/c1-3-7-18-15-12(16)13(10-4-5-10)20-14(21-15)11-6-8-17-9(2)19-11/h6,8,10H,3-5,7H2,1-2H3,(H,18,20,21). The predicted molar refractivity (Wildman–Crippen MR) is 86.3 cm³/mol. The molecule has 2 aromatic heterocycles. The van der Waals surface area contributed by atoms with E-state index in [4.69, 9.17) is 4.98 Å². The summed E-state index contributed by atoms with van der Waals surface area (Å²) < 4.78 is 0.993. The van der Waals surface area contributed by atoms with Crippen molar-refractivity contribution in [1.82, 2.24) is 19.9 Å². The van der Waals surface area contributed by atoms with Gasteiger partial charge in [-0.05, 0) is 48.2 Å². The van der Waals surface area contributed by atoms with E-state index in [2.05, 4.69) is 43.1 Å². The first-order valence-electron chi connectivity index (χ1n) is 7.30. The molecule has 1 aliphatic rings. The number of aromatic nitrogens is 4. The van der Waals surface area contributed by atoms with Gasteiger partial charge in [0.1, 0.15) is 17.3 Å². The van der Waals surface area contributed by atoms with E-state index in [0.717, 1.165) is 40.5 Å². The Morgan fingerprint density at radius 1 is 1.29 bits per heavy atom. The van der Waals surface area contributed by atoms with Crippen molar-refractivity contribution >= 4 is 21.7 Å². The van der Waals surface area contributed by atoms with Gasteiger partial charge in [-0.2, -0.15) is 0 Å². The van der Waals surface area contributed by atoms with Gasteiger partial charge in [-0.15, -0.1) is 0 Å². The Hall–Kier alpha value is -1.56. The second-order valence-corrected chi connectivity index (χ2v) is 6.08. The van der Waals surface area contributed by atoms with Gasteiger partial charge >= 0.3 is 0 Å². The first kappa shape index (κ1) is 14.4. The number of hydrogen-bond donors (Lipinski definition) is 1. The Morgan fingerprint density at radius 2 is 2.10 bits per heavy atom. The molecule has 0 aromatic carbocycles. The maximum atomic E-state index is 4.73. The van der Waals surface area contributed by atoms with Crippen LogP contribution in [0.2, 0.25) is 0 Å². The summed E-state index contributed by atoms with van der Waals surface area (Å²) in [6, 6.07) is 1.86. The molecule has 0 atom stereocenters. The molecule has 0 unspecified atom stereocenters. The Balaban J connectivity index is 2.05. The van der Waals surface area contributed by atoms with Crippen LogP contribution < -0.4 is 5.32 Å². The molecule has 1 N–H and O–H groups in total. The molecule has 0 aliphatic heterocycles.